The van der Waals surface area contributed by atoms with Gasteiger partial charge in [0, 0.05) is 38.1 Å². The monoisotopic (exact) mass is 497 g/mol. The molecule has 1 aliphatic heterocycles. The number of anilines is 1. The van der Waals surface area contributed by atoms with Gasteiger partial charge in [-0.15, -0.1) is 0 Å². The van der Waals surface area contributed by atoms with Gasteiger partial charge in [-0.1, -0.05) is 60.7 Å². The molecule has 1 aliphatic rings. The Morgan fingerprint density at radius 2 is 1.78 bits per heavy atom. The summed E-state index contributed by atoms with van der Waals surface area (Å²) in [7, 11) is -1.83. The number of aromatic nitrogens is 2. The molecule has 0 spiro atoms. The number of fused-ring (bicyclic) bond motifs is 1. The molecule has 4 aromatic rings. The summed E-state index contributed by atoms with van der Waals surface area (Å²) in [5, 5.41) is 0. The zero-order valence-corrected chi connectivity index (χ0v) is 20.8. The Morgan fingerprint density at radius 3 is 2.44 bits per heavy atom. The van der Waals surface area contributed by atoms with Gasteiger partial charge in [-0.25, -0.2) is 18.2 Å². The van der Waals surface area contributed by atoms with Crippen LogP contribution in [0.25, 0.3) is 4.85 Å². The van der Waals surface area contributed by atoms with Crippen molar-refractivity contribution in [2.24, 2.45) is 7.05 Å². The molecule has 1 aromatic heterocycles. The molecular weight excluding hydrogens is 470 g/mol. The topological polar surface area (TPSA) is 62.8 Å². The summed E-state index contributed by atoms with van der Waals surface area (Å²) in [6.07, 6.45) is 4.13. The van der Waals surface area contributed by atoms with Crippen molar-refractivity contribution < 1.29 is 8.42 Å². The fourth-order valence-corrected chi connectivity index (χ4v) is 6.39. The van der Waals surface area contributed by atoms with Gasteiger partial charge in [0.1, 0.15) is 0 Å². The minimum atomic E-state index is -3.78. The molecule has 0 fully saturated rings. The van der Waals surface area contributed by atoms with E-state index in [9.17, 15) is 8.42 Å². The van der Waals surface area contributed by atoms with Crippen molar-refractivity contribution in [1.82, 2.24) is 13.9 Å². The molecule has 1 unspecified atom stereocenters. The first kappa shape index (κ1) is 23.8. The smallest absolute Gasteiger partial charge is 0.243 e. The number of rotatable bonds is 7. The molecule has 0 radical (unpaired) electrons. The Bertz CT molecular complexity index is 1490. The van der Waals surface area contributed by atoms with E-state index in [2.05, 4.69) is 14.7 Å². The summed E-state index contributed by atoms with van der Waals surface area (Å²) in [6, 6.07) is 23.7. The Balaban J connectivity index is 1.58. The highest BCUT2D eigenvalue weighted by atomic mass is 32.2. The van der Waals surface area contributed by atoms with Gasteiger partial charge < -0.3 is 9.47 Å². The Kier molecular flexibility index (Phi) is 6.59. The number of benzene rings is 3. The van der Waals surface area contributed by atoms with Gasteiger partial charge in [0.25, 0.3) is 0 Å². The lowest BCUT2D eigenvalue weighted by molar-refractivity contribution is 0.302. The molecule has 2 heterocycles. The third kappa shape index (κ3) is 4.76. The average molecular weight is 498 g/mol. The highest BCUT2D eigenvalue weighted by molar-refractivity contribution is 7.89. The highest BCUT2D eigenvalue weighted by Gasteiger charge is 2.36. The molecule has 0 saturated heterocycles. The van der Waals surface area contributed by atoms with Crippen molar-refractivity contribution in [1.29, 1.82) is 0 Å². The largest absolute Gasteiger partial charge is 0.364 e. The predicted octanol–water partition coefficient (Wildman–Crippen LogP) is 4.79. The Labute approximate surface area is 212 Å². The standard InChI is InChI=1S/C28H27N5O2S/c1-29-24-13-14-28-23(15-24)16-25(19-32(28)20-26-17-30-21-31(26)2)33(18-22-9-5-3-6-10-22)36(34,35)27-11-7-4-8-12-27/h3-15,17,21,25H,16,18-20H2,2H3. The van der Waals surface area contributed by atoms with Gasteiger partial charge in [-0.2, -0.15) is 4.31 Å². The lowest BCUT2D eigenvalue weighted by Crippen LogP contribution is -2.50. The van der Waals surface area contributed by atoms with Crippen LogP contribution in [0.15, 0.2) is 96.3 Å². The van der Waals surface area contributed by atoms with Crippen LogP contribution in [0.2, 0.25) is 0 Å². The summed E-state index contributed by atoms with van der Waals surface area (Å²) < 4.78 is 31.6. The first-order chi connectivity index (χ1) is 17.5. The van der Waals surface area contributed by atoms with Crippen molar-refractivity contribution in [2.75, 3.05) is 11.4 Å². The first-order valence-corrected chi connectivity index (χ1v) is 13.2. The number of hydrogen-bond donors (Lipinski definition) is 0. The van der Waals surface area contributed by atoms with Crippen LogP contribution in [-0.2, 0) is 36.6 Å². The highest BCUT2D eigenvalue weighted by Crippen LogP contribution is 2.35. The second kappa shape index (κ2) is 9.97. The molecular formula is C28H27N5O2S. The van der Waals surface area contributed by atoms with E-state index in [0.29, 0.717) is 25.2 Å². The zero-order chi connectivity index (χ0) is 25.1. The van der Waals surface area contributed by atoms with Gasteiger partial charge in [-0.05, 0) is 35.7 Å². The molecule has 0 amide bonds. The molecule has 1 atom stereocenters. The lowest BCUT2D eigenvalue weighted by atomic mass is 9.96. The van der Waals surface area contributed by atoms with E-state index >= 15 is 0 Å². The molecule has 182 valence electrons. The second-order valence-corrected chi connectivity index (χ2v) is 10.9. The first-order valence-electron chi connectivity index (χ1n) is 11.8. The summed E-state index contributed by atoms with van der Waals surface area (Å²) in [5.41, 5.74) is 4.50. The van der Waals surface area contributed by atoms with E-state index in [-0.39, 0.29) is 17.5 Å². The molecule has 8 heteroatoms. The Morgan fingerprint density at radius 1 is 1.06 bits per heavy atom. The quantitative estimate of drug-likeness (QED) is 0.344. The van der Waals surface area contributed by atoms with Crippen molar-refractivity contribution in [3.8, 4) is 0 Å². The Hall–Kier alpha value is -3.93. The maximum absolute atomic E-state index is 14.0. The van der Waals surface area contributed by atoms with E-state index in [1.807, 2.05) is 72.4 Å². The molecule has 0 N–H and O–H groups in total. The molecule has 0 saturated carbocycles. The van der Waals surface area contributed by atoms with Crippen LogP contribution in [0, 0.1) is 6.57 Å². The number of aryl methyl sites for hydroxylation is 1. The minimum absolute atomic E-state index is 0.264. The molecule has 0 aliphatic carbocycles. The van der Waals surface area contributed by atoms with E-state index < -0.39 is 10.0 Å². The number of nitrogens with zero attached hydrogens (tertiary/aromatic N) is 5. The van der Waals surface area contributed by atoms with Crippen molar-refractivity contribution in [3.05, 3.63) is 120 Å². The van der Waals surface area contributed by atoms with Gasteiger partial charge in [0.2, 0.25) is 10.0 Å². The maximum atomic E-state index is 14.0. The number of hydrogen-bond acceptors (Lipinski definition) is 4. The third-order valence-corrected chi connectivity index (χ3v) is 8.54. The van der Waals surface area contributed by atoms with Crippen LogP contribution in [0.4, 0.5) is 11.4 Å². The summed E-state index contributed by atoms with van der Waals surface area (Å²) in [6.45, 7) is 8.86. The zero-order valence-electron chi connectivity index (χ0n) is 20.0. The third-order valence-electron chi connectivity index (χ3n) is 6.63. The fraction of sp³-hybridized carbons (Fsp3) is 0.214. The van der Waals surface area contributed by atoms with E-state index in [1.165, 1.54) is 0 Å². The van der Waals surface area contributed by atoms with Crippen LogP contribution in [-0.4, -0.2) is 34.9 Å². The average Bonchev–Trinajstić information content (AvgIpc) is 3.31. The van der Waals surface area contributed by atoms with Gasteiger partial charge in [-0.3, -0.25) is 0 Å². The van der Waals surface area contributed by atoms with Crippen LogP contribution in [0.5, 0.6) is 0 Å². The van der Waals surface area contributed by atoms with Crippen LogP contribution in [0.1, 0.15) is 16.8 Å². The molecule has 0 bridgehead atoms. The lowest BCUT2D eigenvalue weighted by Gasteiger charge is -2.41. The van der Waals surface area contributed by atoms with E-state index in [4.69, 9.17) is 6.57 Å². The molecule has 36 heavy (non-hydrogen) atoms. The van der Waals surface area contributed by atoms with Crippen molar-refractivity contribution >= 4 is 21.4 Å². The van der Waals surface area contributed by atoms with Crippen molar-refractivity contribution in [3.63, 3.8) is 0 Å². The van der Waals surface area contributed by atoms with Gasteiger partial charge >= 0.3 is 0 Å². The number of imidazole rings is 1. The van der Waals surface area contributed by atoms with Crippen LogP contribution >= 0.6 is 0 Å². The van der Waals surface area contributed by atoms with Crippen LogP contribution < -0.4 is 4.90 Å². The predicted molar refractivity (Wildman–Crippen MR) is 140 cm³/mol. The maximum Gasteiger partial charge on any atom is 0.243 e. The van der Waals surface area contributed by atoms with Gasteiger partial charge in [0.15, 0.2) is 5.69 Å². The summed E-state index contributed by atoms with van der Waals surface area (Å²) in [4.78, 5) is 10.3. The van der Waals surface area contributed by atoms with E-state index in [0.717, 1.165) is 22.5 Å². The molecule has 5 rings (SSSR count). The number of sulfonamides is 1. The van der Waals surface area contributed by atoms with Crippen molar-refractivity contribution in [2.45, 2.75) is 30.4 Å². The second-order valence-electron chi connectivity index (χ2n) is 9.01. The fourth-order valence-electron chi connectivity index (χ4n) is 4.76. The summed E-state index contributed by atoms with van der Waals surface area (Å²) >= 11 is 0. The van der Waals surface area contributed by atoms with Gasteiger partial charge in [0.05, 0.1) is 30.0 Å². The SMILES string of the molecule is [C-]#[N+]c1ccc2c(c1)CC(N(Cc1ccccc1)S(=O)(=O)c1ccccc1)CN2Cc1cncn1C. The van der Waals surface area contributed by atoms with E-state index in [1.54, 1.807) is 34.9 Å². The molecule has 3 aromatic carbocycles. The normalized spacial score (nSPS) is 15.5. The molecule has 7 nitrogen and oxygen atoms in total. The minimum Gasteiger partial charge on any atom is -0.364 e. The summed E-state index contributed by atoms with van der Waals surface area (Å²) in [5.74, 6) is 0. The van der Waals surface area contributed by atoms with Crippen LogP contribution in [0.3, 0.4) is 0 Å².